The van der Waals surface area contributed by atoms with Crippen LogP contribution in [0.1, 0.15) is 146 Å². The highest BCUT2D eigenvalue weighted by Gasteiger charge is 2.31. The number of carbonyl (C=O) groups is 2. The zero-order valence-corrected chi connectivity index (χ0v) is 34.2. The van der Waals surface area contributed by atoms with Crippen LogP contribution in [0.5, 0.6) is 0 Å². The predicted octanol–water partition coefficient (Wildman–Crippen LogP) is 6.37. The number of sulfone groups is 1. The van der Waals surface area contributed by atoms with Gasteiger partial charge >= 0.3 is 0 Å². The van der Waals surface area contributed by atoms with E-state index in [1.54, 1.807) is 17.3 Å². The number of amides is 2. The summed E-state index contributed by atoms with van der Waals surface area (Å²) in [6.07, 6.45) is 11.7. The summed E-state index contributed by atoms with van der Waals surface area (Å²) < 4.78 is 23.1. The number of unbranched alkanes of at least 4 members (excludes halogenated alkanes) is 2. The molecule has 1 fully saturated rings. The van der Waals surface area contributed by atoms with Gasteiger partial charge in [0, 0.05) is 30.4 Å². The molecule has 0 spiro atoms. The highest BCUT2D eigenvalue weighted by molar-refractivity contribution is 7.91. The zero-order chi connectivity index (χ0) is 37.7. The van der Waals surface area contributed by atoms with Crippen LogP contribution in [0.15, 0.2) is 12.4 Å². The summed E-state index contributed by atoms with van der Waals surface area (Å²) in [6, 6.07) is -0.413. The minimum Gasteiger partial charge on any atom is -0.349 e. The lowest BCUT2D eigenvalue weighted by atomic mass is 9.89. The average Bonchev–Trinajstić information content (AvgIpc) is 2.93. The van der Waals surface area contributed by atoms with Gasteiger partial charge in [0.25, 0.3) is 0 Å². The van der Waals surface area contributed by atoms with Crippen LogP contribution >= 0.6 is 0 Å². The summed E-state index contributed by atoms with van der Waals surface area (Å²) in [6.45, 7) is 28.9. The molecular formula is C38H72N6O4S. The molecule has 284 valence electrons. The highest BCUT2D eigenvalue weighted by Crippen LogP contribution is 2.24. The first-order valence-corrected chi connectivity index (χ1v) is 20.2. The second kappa shape index (κ2) is 19.5. The minimum absolute atomic E-state index is 0.0352. The monoisotopic (exact) mass is 709 g/mol. The van der Waals surface area contributed by atoms with Gasteiger partial charge < -0.3 is 20.9 Å². The van der Waals surface area contributed by atoms with Crippen LogP contribution in [0.3, 0.4) is 0 Å². The van der Waals surface area contributed by atoms with Crippen molar-refractivity contribution < 1.29 is 18.0 Å². The van der Waals surface area contributed by atoms with Crippen molar-refractivity contribution in [3.63, 3.8) is 0 Å². The number of hydrogen-bond donors (Lipinski definition) is 3. The first kappa shape index (κ1) is 44.9. The molecule has 1 aromatic rings. The third-order valence-electron chi connectivity index (χ3n) is 8.10. The van der Waals surface area contributed by atoms with E-state index in [-0.39, 0.29) is 46.5 Å². The molecule has 2 atom stereocenters. The van der Waals surface area contributed by atoms with E-state index in [1.165, 1.54) is 6.42 Å². The van der Waals surface area contributed by atoms with Crippen LogP contribution in [-0.2, 0) is 26.0 Å². The number of aromatic nitrogens is 2. The van der Waals surface area contributed by atoms with E-state index >= 15 is 0 Å². The minimum atomic E-state index is -2.96. The van der Waals surface area contributed by atoms with Crippen molar-refractivity contribution in [2.24, 2.45) is 10.8 Å². The fourth-order valence-corrected chi connectivity index (χ4v) is 6.75. The second-order valence-corrected chi connectivity index (χ2v) is 20.7. The maximum atomic E-state index is 12.8. The van der Waals surface area contributed by atoms with Crippen molar-refractivity contribution in [1.29, 1.82) is 0 Å². The Balaban J connectivity index is 0.000000490. The first-order chi connectivity index (χ1) is 22.3. The SMILES string of the molecule is CC(C)(C)CCCCC(NC(C)(C)C)C(=O)N1CCS(=O)(=O)CC1.Cc1cnc(CNC(=O)C(CCCCC(C)(C)C)NC(C)(C)C)cn1. The van der Waals surface area contributed by atoms with Crippen LogP contribution in [0.25, 0.3) is 0 Å². The van der Waals surface area contributed by atoms with E-state index < -0.39 is 9.84 Å². The molecule has 0 aromatic carbocycles. The van der Waals surface area contributed by atoms with Gasteiger partial charge in [-0.2, -0.15) is 0 Å². The fraction of sp³-hybridized carbons (Fsp3) is 0.842. The number of rotatable bonds is 14. The quantitative estimate of drug-likeness (QED) is 0.190. The van der Waals surface area contributed by atoms with Crippen molar-refractivity contribution in [3.8, 4) is 0 Å². The molecule has 2 heterocycles. The molecule has 0 aliphatic carbocycles. The Morgan fingerprint density at radius 2 is 1.20 bits per heavy atom. The lowest BCUT2D eigenvalue weighted by Gasteiger charge is -2.34. The van der Waals surface area contributed by atoms with Crippen LogP contribution < -0.4 is 16.0 Å². The highest BCUT2D eigenvalue weighted by atomic mass is 32.2. The lowest BCUT2D eigenvalue weighted by molar-refractivity contribution is -0.133. The Kier molecular flexibility index (Phi) is 17.9. The molecule has 0 radical (unpaired) electrons. The smallest absolute Gasteiger partial charge is 0.239 e. The molecule has 2 amide bonds. The predicted molar refractivity (Wildman–Crippen MR) is 203 cm³/mol. The Bertz CT molecular complexity index is 1230. The molecular weight excluding hydrogens is 637 g/mol. The molecule has 0 saturated carbocycles. The third-order valence-corrected chi connectivity index (χ3v) is 9.71. The molecule has 0 bridgehead atoms. The van der Waals surface area contributed by atoms with Gasteiger partial charge in [0.05, 0.1) is 47.7 Å². The van der Waals surface area contributed by atoms with Gasteiger partial charge in [0.1, 0.15) is 0 Å². The van der Waals surface area contributed by atoms with Crippen molar-refractivity contribution in [2.75, 3.05) is 24.6 Å². The molecule has 1 aliphatic heterocycles. The van der Waals surface area contributed by atoms with Crippen molar-refractivity contribution in [2.45, 2.75) is 171 Å². The summed E-state index contributed by atoms with van der Waals surface area (Å²) in [7, 11) is -2.96. The normalized spacial score (nSPS) is 16.7. The maximum Gasteiger partial charge on any atom is 0.239 e. The number of hydrogen-bond acceptors (Lipinski definition) is 8. The zero-order valence-electron chi connectivity index (χ0n) is 33.4. The molecule has 11 heteroatoms. The second-order valence-electron chi connectivity index (χ2n) is 18.4. The van der Waals surface area contributed by atoms with E-state index in [2.05, 4.69) is 109 Å². The number of aryl methyl sites for hydroxylation is 1. The summed E-state index contributed by atoms with van der Waals surface area (Å²) in [5.41, 5.74) is 2.07. The molecule has 1 saturated heterocycles. The van der Waals surface area contributed by atoms with Crippen LogP contribution in [0, 0.1) is 17.8 Å². The Hall–Kier alpha value is -2.11. The first-order valence-electron chi connectivity index (χ1n) is 18.4. The molecule has 2 unspecified atom stereocenters. The van der Waals surface area contributed by atoms with E-state index in [0.717, 1.165) is 56.3 Å². The third kappa shape index (κ3) is 22.4. The van der Waals surface area contributed by atoms with Gasteiger partial charge in [-0.1, -0.05) is 67.2 Å². The summed E-state index contributed by atoms with van der Waals surface area (Å²) in [5, 5.41) is 9.88. The standard InChI is InChI=1S/C20H36N4O.C18H36N2O3S/c1-15-12-22-16(13-21-15)14-23-18(25)17(24-20(5,6)7)10-8-9-11-19(2,3)4;1-17(2,3)10-8-7-9-15(19-18(4,5)6)16(21)20-11-13-24(22,23)14-12-20/h12-13,17,24H,8-11,14H2,1-7H3,(H,23,25);15,19H,7-14H2,1-6H3. The lowest BCUT2D eigenvalue weighted by Crippen LogP contribution is -2.55. The van der Waals surface area contributed by atoms with Gasteiger partial charge in [0.15, 0.2) is 9.84 Å². The van der Waals surface area contributed by atoms with E-state index in [9.17, 15) is 18.0 Å². The van der Waals surface area contributed by atoms with Crippen molar-refractivity contribution in [1.82, 2.24) is 30.8 Å². The summed E-state index contributed by atoms with van der Waals surface area (Å²) >= 11 is 0. The largest absolute Gasteiger partial charge is 0.349 e. The van der Waals surface area contributed by atoms with Gasteiger partial charge in [-0.15, -0.1) is 0 Å². The molecule has 1 aliphatic rings. The van der Waals surface area contributed by atoms with Crippen LogP contribution in [0.2, 0.25) is 0 Å². The Morgan fingerprint density at radius 1 is 0.735 bits per heavy atom. The molecule has 10 nitrogen and oxygen atoms in total. The number of nitrogens with one attached hydrogen (secondary N) is 3. The molecule has 2 rings (SSSR count). The summed E-state index contributed by atoms with van der Waals surface area (Å²) in [5.74, 6) is 0.263. The van der Waals surface area contributed by atoms with E-state index in [0.29, 0.717) is 30.5 Å². The Labute approximate surface area is 300 Å². The van der Waals surface area contributed by atoms with E-state index in [4.69, 9.17) is 0 Å². The number of nitrogens with zero attached hydrogens (tertiary/aromatic N) is 3. The van der Waals surface area contributed by atoms with Crippen molar-refractivity contribution in [3.05, 3.63) is 23.8 Å². The van der Waals surface area contributed by atoms with Gasteiger partial charge in [-0.3, -0.25) is 19.6 Å². The van der Waals surface area contributed by atoms with Gasteiger partial charge in [-0.05, 0) is 85.0 Å². The molecule has 1 aromatic heterocycles. The Morgan fingerprint density at radius 3 is 1.63 bits per heavy atom. The number of carbonyl (C=O) groups excluding carboxylic acids is 2. The van der Waals surface area contributed by atoms with Crippen LogP contribution in [0.4, 0.5) is 0 Å². The van der Waals surface area contributed by atoms with Gasteiger partial charge in [0.2, 0.25) is 11.8 Å². The maximum absolute atomic E-state index is 12.8. The fourth-order valence-electron chi connectivity index (χ4n) is 5.54. The molecule has 49 heavy (non-hydrogen) atoms. The van der Waals surface area contributed by atoms with Crippen LogP contribution in [-0.4, -0.2) is 82.9 Å². The van der Waals surface area contributed by atoms with E-state index in [1.807, 2.05) is 6.92 Å². The van der Waals surface area contributed by atoms with Crippen molar-refractivity contribution >= 4 is 21.7 Å². The van der Waals surface area contributed by atoms with Gasteiger partial charge in [-0.25, -0.2) is 8.42 Å². The molecule has 3 N–H and O–H groups in total. The average molecular weight is 709 g/mol. The summed E-state index contributed by atoms with van der Waals surface area (Å²) in [4.78, 5) is 35.7. The topological polar surface area (TPSA) is 133 Å².